The van der Waals surface area contributed by atoms with Gasteiger partial charge < -0.3 is 4.74 Å². The molecular formula is C9H18O. The Balaban J connectivity index is 3.98. The second kappa shape index (κ2) is 3.77. The molecule has 0 fully saturated rings. The average Bonchev–Trinajstić information content (AvgIpc) is 1.59. The smallest absolute Gasteiger partial charge is 0.0808 e. The lowest BCUT2D eigenvalue weighted by molar-refractivity contribution is 0.0280. The number of rotatable bonds is 3. The van der Waals surface area contributed by atoms with Gasteiger partial charge in [0.25, 0.3) is 0 Å². The highest BCUT2D eigenvalue weighted by Crippen LogP contribution is 2.12. The van der Waals surface area contributed by atoms with Crippen LogP contribution in [0, 0.1) is 0 Å². The molecule has 0 saturated carbocycles. The van der Waals surface area contributed by atoms with Gasteiger partial charge >= 0.3 is 0 Å². The lowest BCUT2D eigenvalue weighted by Gasteiger charge is -2.20. The maximum atomic E-state index is 5.46. The maximum Gasteiger partial charge on any atom is 0.0808 e. The minimum atomic E-state index is -0.0897. The van der Waals surface area contributed by atoms with Crippen LogP contribution in [0.25, 0.3) is 0 Å². The molecule has 0 heterocycles. The van der Waals surface area contributed by atoms with Crippen LogP contribution in [0.2, 0.25) is 0 Å². The van der Waals surface area contributed by atoms with Crippen LogP contribution in [0.5, 0.6) is 0 Å². The van der Waals surface area contributed by atoms with Crippen LogP contribution in [0.3, 0.4) is 0 Å². The third-order valence-electron chi connectivity index (χ3n) is 1.15. The Morgan fingerprint density at radius 1 is 1.40 bits per heavy atom. The number of ether oxygens (including phenoxy) is 1. The first-order chi connectivity index (χ1) is 4.48. The summed E-state index contributed by atoms with van der Waals surface area (Å²) >= 11 is 0. The first-order valence-corrected chi connectivity index (χ1v) is 3.78. The van der Waals surface area contributed by atoms with Gasteiger partial charge in [-0.3, -0.25) is 0 Å². The summed E-state index contributed by atoms with van der Waals surface area (Å²) in [5, 5.41) is 0. The van der Waals surface area contributed by atoms with Crippen LogP contribution < -0.4 is 0 Å². The van der Waals surface area contributed by atoms with Gasteiger partial charge in [0.05, 0.1) is 5.60 Å². The molecule has 0 N–H and O–H groups in total. The summed E-state index contributed by atoms with van der Waals surface area (Å²) in [6.07, 6.45) is 2.14. The second-order valence-corrected chi connectivity index (χ2v) is 3.26. The average molecular weight is 142 g/mol. The van der Waals surface area contributed by atoms with Gasteiger partial charge in [-0.15, -0.1) is 0 Å². The van der Waals surface area contributed by atoms with Crippen LogP contribution in [-0.2, 0) is 4.74 Å². The van der Waals surface area contributed by atoms with E-state index >= 15 is 0 Å². The van der Waals surface area contributed by atoms with Gasteiger partial charge in [0.1, 0.15) is 0 Å². The van der Waals surface area contributed by atoms with E-state index in [1.54, 1.807) is 0 Å². The third-order valence-corrected chi connectivity index (χ3v) is 1.15. The summed E-state index contributed by atoms with van der Waals surface area (Å²) in [4.78, 5) is 0. The molecular weight excluding hydrogens is 124 g/mol. The van der Waals surface area contributed by atoms with E-state index in [4.69, 9.17) is 4.74 Å². The molecule has 0 unspecified atom stereocenters. The predicted octanol–water partition coefficient (Wildman–Crippen LogP) is 2.77. The minimum absolute atomic E-state index is 0.0897. The molecule has 1 nitrogen and oxygen atoms in total. The van der Waals surface area contributed by atoms with E-state index in [0.29, 0.717) is 0 Å². The Morgan fingerprint density at radius 3 is 2.20 bits per heavy atom. The zero-order valence-electron chi connectivity index (χ0n) is 7.69. The van der Waals surface area contributed by atoms with E-state index in [1.807, 2.05) is 6.92 Å². The highest BCUT2D eigenvalue weighted by Gasteiger charge is 2.12. The molecule has 0 aliphatic rings. The van der Waals surface area contributed by atoms with Crippen molar-refractivity contribution < 1.29 is 4.74 Å². The molecule has 0 aliphatic carbocycles. The Kier molecular flexibility index (Phi) is 3.66. The van der Waals surface area contributed by atoms with Crippen molar-refractivity contribution in [2.24, 2.45) is 0 Å². The molecule has 0 amide bonds. The molecule has 60 valence electrons. The fourth-order valence-electron chi connectivity index (χ4n) is 1.11. The van der Waals surface area contributed by atoms with Gasteiger partial charge in [0.2, 0.25) is 0 Å². The molecule has 0 aliphatic heterocycles. The summed E-state index contributed by atoms with van der Waals surface area (Å²) in [6, 6.07) is 0. The number of hydrogen-bond acceptors (Lipinski definition) is 1. The highest BCUT2D eigenvalue weighted by atomic mass is 16.5. The Labute approximate surface area is 64.1 Å². The minimum Gasteiger partial charge on any atom is -0.372 e. The van der Waals surface area contributed by atoms with Crippen LogP contribution >= 0.6 is 0 Å². The highest BCUT2D eigenvalue weighted by molar-refractivity contribution is 5.03. The number of hydrogen-bond donors (Lipinski definition) is 0. The molecule has 0 aromatic carbocycles. The van der Waals surface area contributed by atoms with Crippen molar-refractivity contribution >= 4 is 0 Å². The summed E-state index contributed by atoms with van der Waals surface area (Å²) in [5.41, 5.74) is 1.21. The van der Waals surface area contributed by atoms with Crippen molar-refractivity contribution in [1.82, 2.24) is 0 Å². The van der Waals surface area contributed by atoms with Gasteiger partial charge in [0, 0.05) is 6.61 Å². The fraction of sp³-hybridized carbons (Fsp3) is 0.778. The Morgan fingerprint density at radius 2 is 1.90 bits per heavy atom. The molecule has 0 rings (SSSR count). The lowest BCUT2D eigenvalue weighted by atomic mass is 10.1. The first-order valence-electron chi connectivity index (χ1n) is 3.78. The summed E-state index contributed by atoms with van der Waals surface area (Å²) in [6.45, 7) is 11.1. The van der Waals surface area contributed by atoms with E-state index in [1.165, 1.54) is 5.57 Å². The standard InChI is InChI=1S/C9H18O/c1-6-10-9(4,5)7-8(2)3/h7H,6H2,1-5H3. The van der Waals surface area contributed by atoms with Gasteiger partial charge in [-0.1, -0.05) is 11.6 Å². The molecule has 0 radical (unpaired) electrons. The zero-order valence-corrected chi connectivity index (χ0v) is 7.69. The van der Waals surface area contributed by atoms with Crippen LogP contribution in [0.15, 0.2) is 11.6 Å². The predicted molar refractivity (Wildman–Crippen MR) is 45.1 cm³/mol. The molecule has 0 aromatic heterocycles. The van der Waals surface area contributed by atoms with E-state index in [-0.39, 0.29) is 5.60 Å². The topological polar surface area (TPSA) is 9.23 Å². The molecule has 0 atom stereocenters. The monoisotopic (exact) mass is 142 g/mol. The molecule has 1 heteroatoms. The summed E-state index contributed by atoms with van der Waals surface area (Å²) in [7, 11) is 0. The summed E-state index contributed by atoms with van der Waals surface area (Å²) < 4.78 is 5.46. The summed E-state index contributed by atoms with van der Waals surface area (Å²) in [5.74, 6) is 0. The van der Waals surface area contributed by atoms with E-state index in [9.17, 15) is 0 Å². The fourth-order valence-corrected chi connectivity index (χ4v) is 1.11. The van der Waals surface area contributed by atoms with Crippen molar-refractivity contribution in [2.75, 3.05) is 6.61 Å². The normalized spacial score (nSPS) is 11.3. The van der Waals surface area contributed by atoms with Crippen molar-refractivity contribution in [2.45, 2.75) is 40.2 Å². The zero-order chi connectivity index (χ0) is 8.20. The van der Waals surface area contributed by atoms with Gasteiger partial charge in [-0.2, -0.15) is 0 Å². The molecule has 10 heavy (non-hydrogen) atoms. The first kappa shape index (κ1) is 9.70. The van der Waals surface area contributed by atoms with Crippen LogP contribution in [0.4, 0.5) is 0 Å². The van der Waals surface area contributed by atoms with E-state index in [0.717, 1.165) is 6.61 Å². The Bertz CT molecular complexity index is 119. The van der Waals surface area contributed by atoms with Gasteiger partial charge in [0.15, 0.2) is 0 Å². The van der Waals surface area contributed by atoms with Crippen molar-refractivity contribution in [1.29, 1.82) is 0 Å². The van der Waals surface area contributed by atoms with Gasteiger partial charge in [-0.25, -0.2) is 0 Å². The van der Waals surface area contributed by atoms with E-state index < -0.39 is 0 Å². The number of allylic oxidation sites excluding steroid dienone is 1. The SMILES string of the molecule is CCOC(C)(C)C=C(C)C. The Hall–Kier alpha value is -0.300. The quantitative estimate of drug-likeness (QED) is 0.550. The van der Waals surface area contributed by atoms with Crippen LogP contribution in [-0.4, -0.2) is 12.2 Å². The van der Waals surface area contributed by atoms with E-state index in [2.05, 4.69) is 33.8 Å². The lowest BCUT2D eigenvalue weighted by Crippen LogP contribution is -2.21. The third kappa shape index (κ3) is 4.57. The molecule has 0 spiro atoms. The largest absolute Gasteiger partial charge is 0.372 e. The van der Waals surface area contributed by atoms with Gasteiger partial charge in [-0.05, 0) is 34.6 Å². The molecule has 0 aromatic rings. The van der Waals surface area contributed by atoms with Crippen molar-refractivity contribution in [3.8, 4) is 0 Å². The van der Waals surface area contributed by atoms with Crippen LogP contribution in [0.1, 0.15) is 34.6 Å². The maximum absolute atomic E-state index is 5.46. The second-order valence-electron chi connectivity index (χ2n) is 3.26. The molecule has 0 saturated heterocycles. The van der Waals surface area contributed by atoms with Crippen molar-refractivity contribution in [3.05, 3.63) is 11.6 Å². The molecule has 0 bridgehead atoms. The van der Waals surface area contributed by atoms with Crippen molar-refractivity contribution in [3.63, 3.8) is 0 Å².